The lowest BCUT2D eigenvalue weighted by Gasteiger charge is -2.12. The Balaban J connectivity index is 2.49. The summed E-state index contributed by atoms with van der Waals surface area (Å²) in [4.78, 5) is 0.269. The van der Waals surface area contributed by atoms with Crippen molar-refractivity contribution in [3.8, 4) is 0 Å². The zero-order chi connectivity index (χ0) is 15.0. The first-order chi connectivity index (χ1) is 9.47. The van der Waals surface area contributed by atoms with Gasteiger partial charge < -0.3 is 10.1 Å². The molecule has 2 N–H and O–H groups in total. The van der Waals surface area contributed by atoms with Gasteiger partial charge in [-0.15, -0.1) is 0 Å². The molecule has 0 radical (unpaired) electrons. The Morgan fingerprint density at radius 3 is 2.60 bits per heavy atom. The second-order valence-electron chi connectivity index (χ2n) is 4.95. The molecule has 20 heavy (non-hydrogen) atoms. The van der Waals surface area contributed by atoms with Crippen LogP contribution in [-0.4, -0.2) is 35.2 Å². The van der Waals surface area contributed by atoms with Crippen LogP contribution in [0.25, 0.3) is 0 Å². The molecule has 0 spiro atoms. The Labute approximate surface area is 121 Å². The number of nitrogens with one attached hydrogen (secondary N) is 2. The largest absolute Gasteiger partial charge is 0.384 e. The fourth-order valence-corrected chi connectivity index (χ4v) is 2.58. The van der Waals surface area contributed by atoms with E-state index in [2.05, 4.69) is 23.9 Å². The Morgan fingerprint density at radius 2 is 1.95 bits per heavy atom. The highest BCUT2D eigenvalue weighted by atomic mass is 32.2. The molecule has 0 bridgehead atoms. The van der Waals surface area contributed by atoms with Crippen LogP contribution < -0.4 is 10.0 Å². The molecule has 0 aliphatic rings. The molecular formula is C14H24N2O3S. The molecule has 0 fully saturated rings. The van der Waals surface area contributed by atoms with Crippen LogP contribution >= 0.6 is 0 Å². The van der Waals surface area contributed by atoms with E-state index < -0.39 is 10.0 Å². The first-order valence-corrected chi connectivity index (χ1v) is 8.30. The minimum Gasteiger partial charge on any atom is -0.384 e. The van der Waals surface area contributed by atoms with Gasteiger partial charge in [-0.05, 0) is 31.5 Å². The normalized spacial score (nSPS) is 11.8. The summed E-state index contributed by atoms with van der Waals surface area (Å²) in [5.74, 6) is 0.532. The average Bonchev–Trinajstić information content (AvgIpc) is 2.42. The Morgan fingerprint density at radius 1 is 1.25 bits per heavy atom. The molecule has 0 saturated carbocycles. The van der Waals surface area contributed by atoms with Gasteiger partial charge >= 0.3 is 0 Å². The zero-order valence-corrected chi connectivity index (χ0v) is 13.2. The van der Waals surface area contributed by atoms with Gasteiger partial charge in [-0.2, -0.15) is 0 Å². The number of hydrogen-bond acceptors (Lipinski definition) is 4. The third-order valence-corrected chi connectivity index (χ3v) is 4.15. The molecule has 114 valence electrons. The lowest BCUT2D eigenvalue weighted by atomic mass is 10.2. The molecule has 1 rings (SSSR count). The summed E-state index contributed by atoms with van der Waals surface area (Å²) in [7, 11) is -2.02. The number of benzene rings is 1. The first kappa shape index (κ1) is 16.9. The van der Waals surface area contributed by atoms with Crippen LogP contribution in [-0.2, 0) is 14.8 Å². The van der Waals surface area contributed by atoms with Crippen LogP contribution in [0.5, 0.6) is 0 Å². The van der Waals surface area contributed by atoms with Crippen LogP contribution in [0.1, 0.15) is 20.3 Å². The summed E-state index contributed by atoms with van der Waals surface area (Å²) in [6.45, 7) is 6.32. The first-order valence-electron chi connectivity index (χ1n) is 6.81. The van der Waals surface area contributed by atoms with E-state index in [1.807, 2.05) is 6.07 Å². The minimum atomic E-state index is -3.43. The molecule has 0 aliphatic carbocycles. The van der Waals surface area contributed by atoms with Crippen molar-refractivity contribution in [2.24, 2.45) is 5.92 Å². The van der Waals surface area contributed by atoms with Crippen molar-refractivity contribution in [2.75, 3.05) is 32.1 Å². The summed E-state index contributed by atoms with van der Waals surface area (Å²) in [6, 6.07) is 6.87. The van der Waals surface area contributed by atoms with Crippen LogP contribution in [0.4, 0.5) is 5.69 Å². The highest BCUT2D eigenvalue weighted by molar-refractivity contribution is 7.89. The van der Waals surface area contributed by atoms with E-state index in [-0.39, 0.29) is 4.90 Å². The molecule has 5 nitrogen and oxygen atoms in total. The smallest absolute Gasteiger partial charge is 0.242 e. The van der Waals surface area contributed by atoms with Crippen molar-refractivity contribution in [2.45, 2.75) is 25.2 Å². The summed E-state index contributed by atoms with van der Waals surface area (Å²) < 4.78 is 31.5. The lowest BCUT2D eigenvalue weighted by Crippen LogP contribution is -2.20. The van der Waals surface area contributed by atoms with E-state index in [9.17, 15) is 8.42 Å². The molecule has 0 heterocycles. The number of sulfonamides is 1. The van der Waals surface area contributed by atoms with Gasteiger partial charge in [0.15, 0.2) is 0 Å². The Bertz CT molecular complexity index is 501. The van der Waals surface area contributed by atoms with Gasteiger partial charge in [-0.1, -0.05) is 26.0 Å². The molecule has 1 aromatic rings. The number of para-hydroxylation sites is 1. The van der Waals surface area contributed by atoms with Crippen molar-refractivity contribution >= 4 is 15.7 Å². The fourth-order valence-electron chi connectivity index (χ4n) is 1.67. The number of anilines is 1. The third kappa shape index (κ3) is 5.48. The third-order valence-electron chi connectivity index (χ3n) is 2.68. The van der Waals surface area contributed by atoms with Crippen LogP contribution in [0.15, 0.2) is 29.2 Å². The fraction of sp³-hybridized carbons (Fsp3) is 0.571. The van der Waals surface area contributed by atoms with Crippen molar-refractivity contribution in [1.82, 2.24) is 4.72 Å². The van der Waals surface area contributed by atoms with Gasteiger partial charge in [-0.3, -0.25) is 0 Å². The number of ether oxygens (including phenoxy) is 1. The van der Waals surface area contributed by atoms with Crippen LogP contribution in [0.2, 0.25) is 0 Å². The number of rotatable bonds is 9. The van der Waals surface area contributed by atoms with E-state index in [4.69, 9.17) is 4.74 Å². The molecule has 0 unspecified atom stereocenters. The molecule has 0 atom stereocenters. The summed E-state index contributed by atoms with van der Waals surface area (Å²) >= 11 is 0. The van der Waals surface area contributed by atoms with Crippen molar-refractivity contribution in [1.29, 1.82) is 0 Å². The predicted molar refractivity (Wildman–Crippen MR) is 81.5 cm³/mol. The quantitative estimate of drug-likeness (QED) is 0.685. The number of hydrogen-bond donors (Lipinski definition) is 2. The van der Waals surface area contributed by atoms with E-state index >= 15 is 0 Å². The molecule has 0 saturated heterocycles. The topological polar surface area (TPSA) is 67.4 Å². The second-order valence-corrected chi connectivity index (χ2v) is 6.81. The van der Waals surface area contributed by atoms with Gasteiger partial charge in [-0.25, -0.2) is 13.1 Å². The van der Waals surface area contributed by atoms with E-state index in [1.54, 1.807) is 18.2 Å². The molecule has 6 heteroatoms. The van der Waals surface area contributed by atoms with Gasteiger partial charge in [0.1, 0.15) is 4.90 Å². The predicted octanol–water partition coefficient (Wildman–Crippen LogP) is 2.07. The molecule has 0 amide bonds. The van der Waals surface area contributed by atoms with E-state index in [0.29, 0.717) is 24.8 Å². The highest BCUT2D eigenvalue weighted by Crippen LogP contribution is 2.20. The molecular weight excluding hydrogens is 276 g/mol. The summed E-state index contributed by atoms with van der Waals surface area (Å²) in [5, 5.41) is 3.14. The Hall–Kier alpha value is -1.11. The monoisotopic (exact) mass is 300 g/mol. The average molecular weight is 300 g/mol. The van der Waals surface area contributed by atoms with Gasteiger partial charge in [0.2, 0.25) is 10.0 Å². The van der Waals surface area contributed by atoms with Crippen LogP contribution in [0.3, 0.4) is 0 Å². The van der Waals surface area contributed by atoms with E-state index in [1.165, 1.54) is 7.05 Å². The van der Waals surface area contributed by atoms with Crippen molar-refractivity contribution in [3.05, 3.63) is 24.3 Å². The molecule has 0 aromatic heterocycles. The van der Waals surface area contributed by atoms with Crippen molar-refractivity contribution < 1.29 is 13.2 Å². The maximum absolute atomic E-state index is 11.9. The maximum atomic E-state index is 11.9. The maximum Gasteiger partial charge on any atom is 0.242 e. The molecule has 0 aliphatic heterocycles. The van der Waals surface area contributed by atoms with Gasteiger partial charge in [0.25, 0.3) is 0 Å². The van der Waals surface area contributed by atoms with Crippen molar-refractivity contribution in [3.63, 3.8) is 0 Å². The standard InChI is InChI=1S/C14H24N2O3S/c1-12(2)11-19-10-6-9-16-13-7-4-5-8-14(13)20(17,18)15-3/h4-5,7-8,12,15-16H,6,9-11H2,1-3H3. The Kier molecular flexibility index (Phi) is 6.98. The lowest BCUT2D eigenvalue weighted by molar-refractivity contribution is 0.110. The summed E-state index contributed by atoms with van der Waals surface area (Å²) in [6.07, 6.45) is 0.834. The summed E-state index contributed by atoms with van der Waals surface area (Å²) in [5.41, 5.74) is 0.616. The van der Waals surface area contributed by atoms with Gasteiger partial charge in [0.05, 0.1) is 5.69 Å². The van der Waals surface area contributed by atoms with Gasteiger partial charge in [0, 0.05) is 19.8 Å². The minimum absolute atomic E-state index is 0.269. The van der Waals surface area contributed by atoms with E-state index in [0.717, 1.165) is 13.0 Å². The second kappa shape index (κ2) is 8.24. The molecule has 1 aromatic carbocycles. The van der Waals surface area contributed by atoms with Crippen LogP contribution in [0, 0.1) is 5.92 Å². The zero-order valence-electron chi connectivity index (χ0n) is 12.3. The highest BCUT2D eigenvalue weighted by Gasteiger charge is 2.15. The SMILES string of the molecule is CNS(=O)(=O)c1ccccc1NCCCOCC(C)C.